The van der Waals surface area contributed by atoms with Gasteiger partial charge in [0.15, 0.2) is 0 Å². The number of aryl methyl sites for hydroxylation is 1. The van der Waals surface area contributed by atoms with Crippen LogP contribution in [0.4, 0.5) is 0 Å². The van der Waals surface area contributed by atoms with Gasteiger partial charge >= 0.3 is 0 Å². The summed E-state index contributed by atoms with van der Waals surface area (Å²) in [6.07, 6.45) is 5.36. The van der Waals surface area contributed by atoms with Crippen LogP contribution in [0.2, 0.25) is 0 Å². The van der Waals surface area contributed by atoms with E-state index < -0.39 is 0 Å². The van der Waals surface area contributed by atoms with Gasteiger partial charge in [0, 0.05) is 22.4 Å². The summed E-state index contributed by atoms with van der Waals surface area (Å²) in [6, 6.07) is 4.95. The molecule has 1 fully saturated rings. The van der Waals surface area contributed by atoms with Crippen molar-refractivity contribution < 1.29 is 4.74 Å². The van der Waals surface area contributed by atoms with E-state index in [9.17, 15) is 0 Å². The molecule has 1 saturated heterocycles. The number of ether oxygens (including phenoxy) is 1. The van der Waals surface area contributed by atoms with Crippen molar-refractivity contribution in [2.24, 2.45) is 0 Å². The fourth-order valence-electron chi connectivity index (χ4n) is 2.44. The first-order valence-corrected chi connectivity index (χ1v) is 7.52. The van der Waals surface area contributed by atoms with Crippen molar-refractivity contribution in [2.75, 3.05) is 13.2 Å². The van der Waals surface area contributed by atoms with Crippen molar-refractivity contribution in [1.29, 1.82) is 0 Å². The van der Waals surface area contributed by atoms with Crippen LogP contribution in [-0.4, -0.2) is 19.3 Å². The van der Waals surface area contributed by atoms with Crippen LogP contribution in [-0.2, 0) is 4.74 Å². The summed E-state index contributed by atoms with van der Waals surface area (Å²) >= 11 is 1.91. The Bertz CT molecular complexity index is 331. The van der Waals surface area contributed by atoms with Gasteiger partial charge in [0.05, 0.1) is 6.10 Å². The summed E-state index contributed by atoms with van der Waals surface area (Å²) < 4.78 is 5.85. The number of hydrogen-bond donors (Lipinski definition) is 1. The molecule has 1 aliphatic heterocycles. The van der Waals surface area contributed by atoms with Gasteiger partial charge in [0.2, 0.25) is 0 Å². The van der Waals surface area contributed by atoms with E-state index >= 15 is 0 Å². The van der Waals surface area contributed by atoms with Crippen molar-refractivity contribution in [1.82, 2.24) is 5.32 Å². The van der Waals surface area contributed by atoms with Crippen LogP contribution < -0.4 is 5.32 Å². The molecule has 3 heteroatoms. The monoisotopic (exact) mass is 253 g/mol. The highest BCUT2D eigenvalue weighted by molar-refractivity contribution is 7.12. The number of nitrogens with one attached hydrogen (secondary N) is 1. The van der Waals surface area contributed by atoms with Gasteiger partial charge in [-0.3, -0.25) is 0 Å². The third-order valence-corrected chi connectivity index (χ3v) is 4.44. The minimum absolute atomic E-state index is 0.454. The fraction of sp³-hybridized carbons (Fsp3) is 0.714. The lowest BCUT2D eigenvalue weighted by Crippen LogP contribution is -2.28. The molecule has 2 nitrogen and oxygen atoms in total. The van der Waals surface area contributed by atoms with E-state index in [1.807, 2.05) is 11.3 Å². The van der Waals surface area contributed by atoms with Crippen molar-refractivity contribution in [3.63, 3.8) is 0 Å². The first kappa shape index (κ1) is 13.1. The Labute approximate surface area is 108 Å². The lowest BCUT2D eigenvalue weighted by Gasteiger charge is -2.27. The Morgan fingerprint density at radius 3 is 2.94 bits per heavy atom. The highest BCUT2D eigenvalue weighted by atomic mass is 32.1. The number of rotatable bonds is 5. The Balaban J connectivity index is 1.96. The zero-order chi connectivity index (χ0) is 12.1. The van der Waals surface area contributed by atoms with E-state index in [-0.39, 0.29) is 0 Å². The zero-order valence-electron chi connectivity index (χ0n) is 10.9. The molecule has 0 spiro atoms. The maximum Gasteiger partial charge on any atom is 0.0593 e. The number of thiophene rings is 1. The van der Waals surface area contributed by atoms with Gasteiger partial charge < -0.3 is 10.1 Å². The van der Waals surface area contributed by atoms with Gasteiger partial charge in [-0.05, 0) is 51.3 Å². The molecule has 2 atom stereocenters. The summed E-state index contributed by atoms with van der Waals surface area (Å²) in [7, 11) is 0. The molecule has 0 aromatic carbocycles. The van der Waals surface area contributed by atoms with Crippen LogP contribution in [0.5, 0.6) is 0 Å². The minimum Gasteiger partial charge on any atom is -0.378 e. The van der Waals surface area contributed by atoms with Gasteiger partial charge in [-0.25, -0.2) is 0 Å². The summed E-state index contributed by atoms with van der Waals surface area (Å²) in [4.78, 5) is 2.85. The molecular weight excluding hydrogens is 230 g/mol. The summed E-state index contributed by atoms with van der Waals surface area (Å²) in [5.41, 5.74) is 0. The molecule has 0 amide bonds. The first-order valence-electron chi connectivity index (χ1n) is 6.71. The molecule has 96 valence electrons. The van der Waals surface area contributed by atoms with Crippen LogP contribution in [0.3, 0.4) is 0 Å². The second-order valence-corrected chi connectivity index (χ2v) is 6.10. The van der Waals surface area contributed by atoms with Gasteiger partial charge in [-0.15, -0.1) is 11.3 Å². The normalized spacial score (nSPS) is 22.6. The molecule has 2 heterocycles. The molecule has 1 aliphatic rings. The van der Waals surface area contributed by atoms with Gasteiger partial charge in [-0.2, -0.15) is 0 Å². The first-order chi connectivity index (χ1) is 8.29. The molecule has 0 saturated carbocycles. The predicted octanol–water partition coefficient (Wildman–Crippen LogP) is 3.67. The zero-order valence-corrected chi connectivity index (χ0v) is 11.7. The molecule has 2 unspecified atom stereocenters. The molecule has 1 N–H and O–H groups in total. The second kappa shape index (κ2) is 6.53. The Kier molecular flexibility index (Phi) is 5.01. The average molecular weight is 253 g/mol. The fourth-order valence-corrected chi connectivity index (χ4v) is 3.41. The third kappa shape index (κ3) is 3.80. The summed E-state index contributed by atoms with van der Waals surface area (Å²) in [5, 5.41) is 3.59. The van der Waals surface area contributed by atoms with Crippen molar-refractivity contribution in [3.8, 4) is 0 Å². The highest BCUT2D eigenvalue weighted by Crippen LogP contribution is 2.29. The van der Waals surface area contributed by atoms with Gasteiger partial charge in [0.1, 0.15) is 0 Å². The molecule has 0 aliphatic carbocycles. The smallest absolute Gasteiger partial charge is 0.0593 e. The van der Waals surface area contributed by atoms with E-state index in [2.05, 4.69) is 31.3 Å². The average Bonchev–Trinajstić information content (AvgIpc) is 2.77. The molecule has 2 rings (SSSR count). The van der Waals surface area contributed by atoms with Crippen molar-refractivity contribution in [3.05, 3.63) is 21.9 Å². The Hall–Kier alpha value is -0.380. The maximum atomic E-state index is 5.85. The maximum absolute atomic E-state index is 5.85. The van der Waals surface area contributed by atoms with E-state index in [1.54, 1.807) is 0 Å². The van der Waals surface area contributed by atoms with E-state index in [0.717, 1.165) is 19.6 Å². The van der Waals surface area contributed by atoms with E-state index in [1.165, 1.54) is 29.0 Å². The van der Waals surface area contributed by atoms with Gasteiger partial charge in [0.25, 0.3) is 0 Å². The van der Waals surface area contributed by atoms with E-state index in [0.29, 0.717) is 12.1 Å². The molecule has 0 bridgehead atoms. The largest absolute Gasteiger partial charge is 0.378 e. The van der Waals surface area contributed by atoms with Crippen LogP contribution in [0.1, 0.15) is 48.4 Å². The SMILES string of the molecule is CCNC(CC1CCCCO1)c1ccc(C)s1. The second-order valence-electron chi connectivity index (χ2n) is 4.78. The molecule has 0 radical (unpaired) electrons. The van der Waals surface area contributed by atoms with Crippen molar-refractivity contribution >= 4 is 11.3 Å². The van der Waals surface area contributed by atoms with Crippen LogP contribution in [0.15, 0.2) is 12.1 Å². The van der Waals surface area contributed by atoms with Crippen LogP contribution in [0.25, 0.3) is 0 Å². The quantitative estimate of drug-likeness (QED) is 0.864. The standard InChI is InChI=1S/C14H23NOS/c1-3-15-13(14-8-7-11(2)17-14)10-12-6-4-5-9-16-12/h7-8,12-13,15H,3-6,9-10H2,1-2H3. The summed E-state index contributed by atoms with van der Waals surface area (Å²) in [5.74, 6) is 0. The van der Waals surface area contributed by atoms with Crippen LogP contribution >= 0.6 is 11.3 Å². The third-order valence-electron chi connectivity index (χ3n) is 3.33. The minimum atomic E-state index is 0.454. The predicted molar refractivity (Wildman–Crippen MR) is 73.7 cm³/mol. The number of hydrogen-bond acceptors (Lipinski definition) is 3. The topological polar surface area (TPSA) is 21.3 Å². The van der Waals surface area contributed by atoms with Gasteiger partial charge in [-0.1, -0.05) is 6.92 Å². The summed E-state index contributed by atoms with van der Waals surface area (Å²) in [6.45, 7) is 6.32. The molecule has 1 aromatic heterocycles. The molecule has 17 heavy (non-hydrogen) atoms. The molecule has 1 aromatic rings. The molecular formula is C14H23NOS. The van der Waals surface area contributed by atoms with Crippen molar-refractivity contribution in [2.45, 2.75) is 51.7 Å². The lowest BCUT2D eigenvalue weighted by atomic mass is 10.0. The van der Waals surface area contributed by atoms with Crippen LogP contribution in [0, 0.1) is 6.92 Å². The Morgan fingerprint density at radius 1 is 1.47 bits per heavy atom. The Morgan fingerprint density at radius 2 is 2.35 bits per heavy atom. The van der Waals surface area contributed by atoms with E-state index in [4.69, 9.17) is 4.74 Å². The lowest BCUT2D eigenvalue weighted by molar-refractivity contribution is 0.00535. The highest BCUT2D eigenvalue weighted by Gasteiger charge is 2.21.